The Balaban J connectivity index is 2.34. The minimum atomic E-state index is -0.811. The van der Waals surface area contributed by atoms with E-state index in [1.54, 1.807) is 6.92 Å². The molecular formula is C11H22N2O3. The highest BCUT2D eigenvalue weighted by Gasteiger charge is 2.33. The van der Waals surface area contributed by atoms with Gasteiger partial charge in [-0.25, -0.2) is 0 Å². The van der Waals surface area contributed by atoms with Crippen molar-refractivity contribution >= 4 is 5.91 Å². The number of nitrogens with one attached hydrogen (secondary N) is 1. The number of amides is 1. The van der Waals surface area contributed by atoms with Gasteiger partial charge in [-0.15, -0.1) is 0 Å². The molecule has 2 atom stereocenters. The summed E-state index contributed by atoms with van der Waals surface area (Å²) >= 11 is 0. The Morgan fingerprint density at radius 3 is 2.69 bits per heavy atom. The summed E-state index contributed by atoms with van der Waals surface area (Å²) in [5.74, 6) is -0.699. The topological polar surface area (TPSA) is 73.6 Å². The highest BCUT2D eigenvalue weighted by atomic mass is 16.7. The molecule has 5 nitrogen and oxygen atoms in total. The summed E-state index contributed by atoms with van der Waals surface area (Å²) in [6, 6.07) is 0. The van der Waals surface area contributed by atoms with E-state index >= 15 is 0 Å². The Hall–Kier alpha value is -0.650. The predicted octanol–water partition coefficient (Wildman–Crippen LogP) is 0.382. The minimum absolute atomic E-state index is 0.0911. The zero-order valence-electron chi connectivity index (χ0n) is 10.5. The third-order valence-corrected chi connectivity index (χ3v) is 2.81. The summed E-state index contributed by atoms with van der Waals surface area (Å²) in [4.78, 5) is 11.7. The van der Waals surface area contributed by atoms with Crippen LogP contribution in [0, 0.1) is 0 Å². The fraction of sp³-hybridized carbons (Fsp3) is 0.909. The van der Waals surface area contributed by atoms with Crippen LogP contribution in [0.4, 0.5) is 0 Å². The number of nitrogens with two attached hydrogens (primary N) is 1. The summed E-state index contributed by atoms with van der Waals surface area (Å²) in [6.07, 6.45) is 0.512. The molecule has 1 rings (SSSR count). The average Bonchev–Trinajstić information content (AvgIpc) is 2.54. The van der Waals surface area contributed by atoms with Crippen LogP contribution in [0.25, 0.3) is 0 Å². The van der Waals surface area contributed by atoms with Crippen molar-refractivity contribution in [3.8, 4) is 0 Å². The van der Waals surface area contributed by atoms with Gasteiger partial charge in [0.1, 0.15) is 6.10 Å². The molecule has 2 unspecified atom stereocenters. The number of carbonyl (C=O) groups is 1. The van der Waals surface area contributed by atoms with E-state index in [0.717, 1.165) is 0 Å². The van der Waals surface area contributed by atoms with E-state index in [1.165, 1.54) is 0 Å². The maximum absolute atomic E-state index is 11.7. The Labute approximate surface area is 96.7 Å². The van der Waals surface area contributed by atoms with Gasteiger partial charge in [0.05, 0.1) is 12.1 Å². The van der Waals surface area contributed by atoms with Crippen molar-refractivity contribution in [2.45, 2.75) is 51.5 Å². The Morgan fingerprint density at radius 1 is 1.62 bits per heavy atom. The average molecular weight is 230 g/mol. The standard InChI is InChI=1S/C11H22N2O3/c1-5-11(4,12)9(14)13-6-8-7-15-10(2,3)16-8/h8H,5-7,12H2,1-4H3,(H,13,14). The Kier molecular flexibility index (Phi) is 3.93. The van der Waals surface area contributed by atoms with Crippen LogP contribution in [0.2, 0.25) is 0 Å². The van der Waals surface area contributed by atoms with E-state index in [9.17, 15) is 4.79 Å². The van der Waals surface area contributed by atoms with E-state index in [2.05, 4.69) is 5.32 Å². The van der Waals surface area contributed by atoms with E-state index < -0.39 is 11.3 Å². The Bertz CT molecular complexity index is 264. The van der Waals surface area contributed by atoms with Crippen molar-refractivity contribution in [2.75, 3.05) is 13.2 Å². The van der Waals surface area contributed by atoms with Crippen LogP contribution in [-0.4, -0.2) is 36.5 Å². The lowest BCUT2D eigenvalue weighted by Gasteiger charge is -2.23. The molecule has 5 heteroatoms. The molecule has 1 heterocycles. The summed E-state index contributed by atoms with van der Waals surface area (Å²) < 4.78 is 11.0. The van der Waals surface area contributed by atoms with Gasteiger partial charge in [-0.2, -0.15) is 0 Å². The van der Waals surface area contributed by atoms with Crippen molar-refractivity contribution < 1.29 is 14.3 Å². The van der Waals surface area contributed by atoms with Crippen LogP contribution < -0.4 is 11.1 Å². The molecule has 0 aliphatic carbocycles. The smallest absolute Gasteiger partial charge is 0.239 e. The SMILES string of the molecule is CCC(C)(N)C(=O)NCC1COC(C)(C)O1. The van der Waals surface area contributed by atoms with E-state index in [0.29, 0.717) is 19.6 Å². The molecular weight excluding hydrogens is 208 g/mol. The first kappa shape index (κ1) is 13.4. The van der Waals surface area contributed by atoms with Crippen molar-refractivity contribution in [1.29, 1.82) is 0 Å². The maximum Gasteiger partial charge on any atom is 0.239 e. The van der Waals surface area contributed by atoms with Crippen molar-refractivity contribution in [2.24, 2.45) is 5.73 Å². The highest BCUT2D eigenvalue weighted by Crippen LogP contribution is 2.21. The van der Waals surface area contributed by atoms with Gasteiger partial charge in [0, 0.05) is 6.54 Å². The van der Waals surface area contributed by atoms with Gasteiger partial charge in [-0.3, -0.25) is 4.79 Å². The van der Waals surface area contributed by atoms with Gasteiger partial charge < -0.3 is 20.5 Å². The normalized spacial score (nSPS) is 27.4. The molecule has 0 spiro atoms. The molecule has 0 saturated carbocycles. The highest BCUT2D eigenvalue weighted by molar-refractivity contribution is 5.85. The van der Waals surface area contributed by atoms with Crippen molar-refractivity contribution in [3.05, 3.63) is 0 Å². The molecule has 0 aromatic heterocycles. The number of hydrogen-bond donors (Lipinski definition) is 2. The van der Waals surface area contributed by atoms with Crippen LogP contribution >= 0.6 is 0 Å². The zero-order chi connectivity index (χ0) is 12.4. The minimum Gasteiger partial charge on any atom is -0.352 e. The van der Waals surface area contributed by atoms with E-state index in [-0.39, 0.29) is 12.0 Å². The number of ether oxygens (including phenoxy) is 2. The summed E-state index contributed by atoms with van der Waals surface area (Å²) in [7, 11) is 0. The fourth-order valence-electron chi connectivity index (χ4n) is 1.43. The van der Waals surface area contributed by atoms with Crippen LogP contribution in [-0.2, 0) is 14.3 Å². The van der Waals surface area contributed by atoms with Crippen molar-refractivity contribution in [1.82, 2.24) is 5.32 Å². The molecule has 0 aromatic carbocycles. The molecule has 94 valence electrons. The molecule has 1 amide bonds. The second kappa shape index (κ2) is 4.69. The zero-order valence-corrected chi connectivity index (χ0v) is 10.5. The third-order valence-electron chi connectivity index (χ3n) is 2.81. The molecule has 1 saturated heterocycles. The molecule has 0 bridgehead atoms. The van der Waals surface area contributed by atoms with Gasteiger partial charge in [0.25, 0.3) is 0 Å². The number of rotatable bonds is 4. The number of hydrogen-bond acceptors (Lipinski definition) is 4. The largest absolute Gasteiger partial charge is 0.352 e. The first-order valence-electron chi connectivity index (χ1n) is 5.66. The molecule has 0 aromatic rings. The van der Waals surface area contributed by atoms with Gasteiger partial charge in [-0.05, 0) is 27.2 Å². The second-order valence-electron chi connectivity index (χ2n) is 4.93. The van der Waals surface area contributed by atoms with Gasteiger partial charge >= 0.3 is 0 Å². The van der Waals surface area contributed by atoms with Gasteiger partial charge in [0.15, 0.2) is 5.79 Å². The van der Waals surface area contributed by atoms with Crippen LogP contribution in [0.1, 0.15) is 34.1 Å². The van der Waals surface area contributed by atoms with Gasteiger partial charge in [0.2, 0.25) is 5.91 Å². The lowest BCUT2D eigenvalue weighted by Crippen LogP contribution is -2.52. The lowest BCUT2D eigenvalue weighted by atomic mass is 9.99. The molecule has 3 N–H and O–H groups in total. The monoisotopic (exact) mass is 230 g/mol. The van der Waals surface area contributed by atoms with Crippen LogP contribution in [0.5, 0.6) is 0 Å². The van der Waals surface area contributed by atoms with Crippen LogP contribution in [0.3, 0.4) is 0 Å². The lowest BCUT2D eigenvalue weighted by molar-refractivity contribution is -0.140. The molecule has 1 aliphatic rings. The summed E-state index contributed by atoms with van der Waals surface area (Å²) in [5.41, 5.74) is 5.00. The predicted molar refractivity (Wildman–Crippen MR) is 60.8 cm³/mol. The van der Waals surface area contributed by atoms with Crippen LogP contribution in [0.15, 0.2) is 0 Å². The first-order chi connectivity index (χ1) is 7.27. The second-order valence-corrected chi connectivity index (χ2v) is 4.93. The molecule has 0 radical (unpaired) electrons. The third kappa shape index (κ3) is 3.43. The molecule has 1 aliphatic heterocycles. The van der Waals surface area contributed by atoms with Gasteiger partial charge in [-0.1, -0.05) is 6.92 Å². The molecule has 1 fully saturated rings. The van der Waals surface area contributed by atoms with Crippen molar-refractivity contribution in [3.63, 3.8) is 0 Å². The fourth-order valence-corrected chi connectivity index (χ4v) is 1.43. The maximum atomic E-state index is 11.7. The number of carbonyl (C=O) groups excluding carboxylic acids is 1. The van der Waals surface area contributed by atoms with E-state index in [4.69, 9.17) is 15.2 Å². The quantitative estimate of drug-likeness (QED) is 0.732. The summed E-state index contributed by atoms with van der Waals surface area (Å²) in [5, 5.41) is 2.78. The first-order valence-corrected chi connectivity index (χ1v) is 5.66. The summed E-state index contributed by atoms with van der Waals surface area (Å²) in [6.45, 7) is 8.26. The molecule has 16 heavy (non-hydrogen) atoms. The van der Waals surface area contributed by atoms with E-state index in [1.807, 2.05) is 20.8 Å². The Morgan fingerprint density at radius 2 is 2.25 bits per heavy atom.